The van der Waals surface area contributed by atoms with Crippen molar-refractivity contribution in [2.75, 3.05) is 0 Å². The molecule has 0 aliphatic rings. The molecule has 8 heteroatoms. The lowest BCUT2D eigenvalue weighted by molar-refractivity contribution is -0.137. The number of carboxylic acids is 1. The lowest BCUT2D eigenvalue weighted by Crippen LogP contribution is -1.99. The van der Waals surface area contributed by atoms with E-state index in [0.29, 0.717) is 25.9 Å². The molecule has 0 fully saturated rings. The Balaban J connectivity index is 0.000000237. The van der Waals surface area contributed by atoms with Crippen molar-refractivity contribution in [3.05, 3.63) is 94.1 Å². The van der Waals surface area contributed by atoms with Crippen LogP contribution in [0.2, 0.25) is 0 Å². The Kier molecular flexibility index (Phi) is 8.77. The number of benzene rings is 2. The van der Waals surface area contributed by atoms with Crippen LogP contribution in [0.4, 0.5) is 0 Å². The Morgan fingerprint density at radius 3 is 2.32 bits per heavy atom. The second-order valence-corrected chi connectivity index (χ2v) is 6.01. The van der Waals surface area contributed by atoms with Gasteiger partial charge in [-0.05, 0) is 29.5 Å². The lowest BCUT2D eigenvalue weighted by atomic mass is 10.2. The minimum atomic E-state index is -0.772. The van der Waals surface area contributed by atoms with Crippen LogP contribution in [0.5, 0.6) is 0 Å². The average molecular weight is 378 g/mol. The van der Waals surface area contributed by atoms with Crippen LogP contribution in [0.1, 0.15) is 29.7 Å². The molecule has 0 aliphatic heterocycles. The molecular formula is C20H22N6O2. The van der Waals surface area contributed by atoms with Gasteiger partial charge < -0.3 is 5.11 Å². The van der Waals surface area contributed by atoms with Crippen molar-refractivity contribution in [3.63, 3.8) is 0 Å². The molecule has 1 heterocycles. The number of hydrogen-bond donors (Lipinski definition) is 1. The molecule has 0 spiro atoms. The van der Waals surface area contributed by atoms with Gasteiger partial charge in [0.1, 0.15) is 0 Å². The van der Waals surface area contributed by atoms with Crippen LogP contribution < -0.4 is 0 Å². The molecule has 0 bridgehead atoms. The van der Waals surface area contributed by atoms with E-state index in [1.165, 1.54) is 5.56 Å². The molecular weight excluding hydrogens is 356 g/mol. The molecule has 0 unspecified atom stereocenters. The highest BCUT2D eigenvalue weighted by Gasteiger charge is 2.03. The molecule has 0 saturated carbocycles. The first-order chi connectivity index (χ1) is 13.7. The Labute approximate surface area is 163 Å². The molecule has 0 amide bonds. The monoisotopic (exact) mass is 378 g/mol. The molecule has 3 aromatic rings. The largest absolute Gasteiger partial charge is 0.481 e. The van der Waals surface area contributed by atoms with E-state index >= 15 is 0 Å². The Bertz CT molecular complexity index is 889. The minimum Gasteiger partial charge on any atom is -0.481 e. The molecule has 3 rings (SSSR count). The number of aliphatic carboxylic acids is 1. The maximum Gasteiger partial charge on any atom is 0.303 e. The van der Waals surface area contributed by atoms with Gasteiger partial charge in [0.15, 0.2) is 0 Å². The van der Waals surface area contributed by atoms with E-state index in [0.717, 1.165) is 11.3 Å². The Morgan fingerprint density at radius 2 is 1.71 bits per heavy atom. The van der Waals surface area contributed by atoms with Gasteiger partial charge in [0.2, 0.25) is 0 Å². The van der Waals surface area contributed by atoms with E-state index in [4.69, 9.17) is 10.6 Å². The molecule has 0 aliphatic carbocycles. The summed E-state index contributed by atoms with van der Waals surface area (Å²) in [6.07, 6.45) is 3.29. The quantitative estimate of drug-likeness (QED) is 0.358. The zero-order chi connectivity index (χ0) is 20.0. The summed E-state index contributed by atoms with van der Waals surface area (Å²) in [6.45, 7) is 1.13. The zero-order valence-electron chi connectivity index (χ0n) is 15.4. The van der Waals surface area contributed by atoms with Gasteiger partial charge in [-0.1, -0.05) is 71.0 Å². The van der Waals surface area contributed by atoms with E-state index < -0.39 is 5.97 Å². The standard InChI is InChI=1S/C13H15N3O2.C7H7N3/c17-13(18)8-4-7-12-10-16(15-14-12)9-11-5-2-1-3-6-11;8-10-9-6-7-4-2-1-3-5-7/h1-3,5-6,10H,4,7-9H2,(H,17,18);1-5H,6H2. The summed E-state index contributed by atoms with van der Waals surface area (Å²) in [5.74, 6) is -0.772. The summed E-state index contributed by atoms with van der Waals surface area (Å²) in [6, 6.07) is 19.6. The predicted octanol–water partition coefficient (Wildman–Crippen LogP) is 4.23. The predicted molar refractivity (Wildman–Crippen MR) is 105 cm³/mol. The van der Waals surface area contributed by atoms with Gasteiger partial charge in [0.05, 0.1) is 18.8 Å². The topological polar surface area (TPSA) is 117 Å². The third-order valence-electron chi connectivity index (χ3n) is 3.76. The molecule has 2 aromatic carbocycles. The van der Waals surface area contributed by atoms with E-state index in [1.807, 2.05) is 66.9 Å². The van der Waals surface area contributed by atoms with Crippen molar-refractivity contribution in [2.45, 2.75) is 32.4 Å². The first-order valence-corrected chi connectivity index (χ1v) is 8.87. The average Bonchev–Trinajstić information content (AvgIpc) is 3.15. The van der Waals surface area contributed by atoms with Crippen LogP contribution in [0.15, 0.2) is 72.0 Å². The molecule has 1 N–H and O–H groups in total. The second-order valence-electron chi connectivity index (χ2n) is 6.01. The highest BCUT2D eigenvalue weighted by molar-refractivity contribution is 5.66. The second kappa shape index (κ2) is 11.9. The number of rotatable bonds is 8. The van der Waals surface area contributed by atoms with Crippen LogP contribution in [0.3, 0.4) is 0 Å². The Morgan fingerprint density at radius 1 is 1.07 bits per heavy atom. The third-order valence-corrected chi connectivity index (χ3v) is 3.76. The zero-order valence-corrected chi connectivity index (χ0v) is 15.4. The SMILES string of the molecule is O=C(O)CCCc1cn(Cc2ccccc2)nn1.[N-]=[N+]=NCc1ccccc1. The van der Waals surface area contributed by atoms with Crippen LogP contribution in [0.25, 0.3) is 10.4 Å². The maximum absolute atomic E-state index is 10.4. The van der Waals surface area contributed by atoms with Crippen LogP contribution in [-0.2, 0) is 24.3 Å². The number of aromatic nitrogens is 3. The van der Waals surface area contributed by atoms with Crippen LogP contribution >= 0.6 is 0 Å². The van der Waals surface area contributed by atoms with Gasteiger partial charge >= 0.3 is 5.97 Å². The number of nitrogens with zero attached hydrogens (tertiary/aromatic N) is 6. The lowest BCUT2D eigenvalue weighted by Gasteiger charge is -1.99. The normalized spacial score (nSPS) is 9.71. The summed E-state index contributed by atoms with van der Waals surface area (Å²) < 4.78 is 1.77. The smallest absolute Gasteiger partial charge is 0.303 e. The van der Waals surface area contributed by atoms with Crippen molar-refractivity contribution in [3.8, 4) is 0 Å². The molecule has 0 saturated heterocycles. The number of carboxylic acid groups (broad SMARTS) is 1. The molecule has 0 atom stereocenters. The maximum atomic E-state index is 10.4. The van der Waals surface area contributed by atoms with E-state index in [1.54, 1.807) is 4.68 Å². The van der Waals surface area contributed by atoms with Crippen LogP contribution in [0, 0.1) is 0 Å². The van der Waals surface area contributed by atoms with Crippen molar-refractivity contribution in [2.24, 2.45) is 5.11 Å². The van der Waals surface area contributed by atoms with E-state index in [-0.39, 0.29) is 6.42 Å². The molecule has 0 radical (unpaired) electrons. The van der Waals surface area contributed by atoms with Gasteiger partial charge in [-0.15, -0.1) is 5.10 Å². The molecule has 8 nitrogen and oxygen atoms in total. The fourth-order valence-corrected chi connectivity index (χ4v) is 2.42. The fraction of sp³-hybridized carbons (Fsp3) is 0.250. The van der Waals surface area contributed by atoms with E-state index in [9.17, 15) is 4.79 Å². The molecule has 1 aromatic heterocycles. The summed E-state index contributed by atoms with van der Waals surface area (Å²) in [5.41, 5.74) is 11.0. The number of azide groups is 1. The summed E-state index contributed by atoms with van der Waals surface area (Å²) in [5, 5.41) is 20.0. The fourth-order valence-electron chi connectivity index (χ4n) is 2.42. The van der Waals surface area contributed by atoms with Crippen LogP contribution in [-0.4, -0.2) is 26.1 Å². The number of aryl methyl sites for hydroxylation is 1. The Hall–Kier alpha value is -3.64. The minimum absolute atomic E-state index is 0.172. The van der Waals surface area contributed by atoms with Gasteiger partial charge in [-0.2, -0.15) is 0 Å². The van der Waals surface area contributed by atoms with Gasteiger partial charge in [-0.3, -0.25) is 4.79 Å². The van der Waals surface area contributed by atoms with Crippen molar-refractivity contribution in [1.29, 1.82) is 0 Å². The molecule has 28 heavy (non-hydrogen) atoms. The van der Waals surface area contributed by atoms with Crippen molar-refractivity contribution < 1.29 is 9.90 Å². The summed E-state index contributed by atoms with van der Waals surface area (Å²) in [4.78, 5) is 13.1. The third kappa shape index (κ3) is 8.16. The number of hydrogen-bond acceptors (Lipinski definition) is 4. The highest BCUT2D eigenvalue weighted by Crippen LogP contribution is 2.04. The first kappa shape index (κ1) is 20.7. The van der Waals surface area contributed by atoms with Gasteiger partial charge in [-0.25, -0.2) is 4.68 Å². The van der Waals surface area contributed by atoms with Crippen molar-refractivity contribution >= 4 is 5.97 Å². The van der Waals surface area contributed by atoms with E-state index in [2.05, 4.69) is 20.3 Å². The van der Waals surface area contributed by atoms with Crippen molar-refractivity contribution in [1.82, 2.24) is 15.0 Å². The first-order valence-electron chi connectivity index (χ1n) is 8.87. The van der Waals surface area contributed by atoms with Gasteiger partial charge in [0, 0.05) is 17.5 Å². The molecule has 144 valence electrons. The summed E-state index contributed by atoms with van der Waals surface area (Å²) in [7, 11) is 0. The highest BCUT2D eigenvalue weighted by atomic mass is 16.4. The number of carbonyl (C=O) groups is 1. The van der Waals surface area contributed by atoms with Gasteiger partial charge in [0.25, 0.3) is 0 Å². The summed E-state index contributed by atoms with van der Waals surface area (Å²) >= 11 is 0.